The number of ether oxygens (including phenoxy) is 1. The van der Waals surface area contributed by atoms with Crippen molar-refractivity contribution in [2.45, 2.75) is 5.78 Å². The van der Waals surface area contributed by atoms with Crippen molar-refractivity contribution >= 4 is 19.3 Å². The second kappa shape index (κ2) is 8.92. The Morgan fingerprint density at radius 3 is 2.17 bits per heavy atom. The molecule has 30 heavy (non-hydrogen) atoms. The SMILES string of the molecule is N=C(N)c1ccc(C(NC(=O)c2ccccc2Oc2ccccc2)P(=O)(O)O)cc1. The maximum Gasteiger partial charge on any atom is 0.352 e. The topological polar surface area (TPSA) is 146 Å². The first kappa shape index (κ1) is 21.3. The molecule has 1 atom stereocenters. The van der Waals surface area contributed by atoms with E-state index in [1.807, 2.05) is 6.07 Å². The largest absolute Gasteiger partial charge is 0.457 e. The van der Waals surface area contributed by atoms with Crippen LogP contribution in [0.5, 0.6) is 11.5 Å². The van der Waals surface area contributed by atoms with Crippen LogP contribution < -0.4 is 15.8 Å². The molecule has 6 N–H and O–H groups in total. The highest BCUT2D eigenvalue weighted by atomic mass is 31.2. The summed E-state index contributed by atoms with van der Waals surface area (Å²) >= 11 is 0. The highest BCUT2D eigenvalue weighted by Gasteiger charge is 2.33. The second-order valence-electron chi connectivity index (χ2n) is 6.41. The number of amidine groups is 1. The number of carbonyl (C=O) groups excluding carboxylic acids is 1. The van der Waals surface area contributed by atoms with Gasteiger partial charge >= 0.3 is 7.60 Å². The second-order valence-corrected chi connectivity index (χ2v) is 8.11. The average molecular weight is 425 g/mol. The molecule has 1 amide bonds. The molecule has 0 aromatic heterocycles. The summed E-state index contributed by atoms with van der Waals surface area (Å²) in [6, 6.07) is 21.0. The quantitative estimate of drug-likeness (QED) is 0.223. The summed E-state index contributed by atoms with van der Waals surface area (Å²) in [5.74, 6) is -1.69. The molecule has 8 nitrogen and oxygen atoms in total. The van der Waals surface area contributed by atoms with E-state index in [0.29, 0.717) is 11.3 Å². The van der Waals surface area contributed by atoms with E-state index in [9.17, 15) is 19.1 Å². The Labute approximate surface area is 173 Å². The molecule has 3 aromatic carbocycles. The minimum atomic E-state index is -4.75. The first-order valence-electron chi connectivity index (χ1n) is 8.88. The van der Waals surface area contributed by atoms with Gasteiger partial charge in [-0.15, -0.1) is 0 Å². The molecule has 3 rings (SSSR count). The number of rotatable bonds is 7. The van der Waals surface area contributed by atoms with Gasteiger partial charge in [0.1, 0.15) is 17.3 Å². The van der Waals surface area contributed by atoms with Crippen LogP contribution in [0, 0.1) is 5.41 Å². The van der Waals surface area contributed by atoms with Crippen LogP contribution in [-0.4, -0.2) is 21.5 Å². The van der Waals surface area contributed by atoms with Crippen molar-refractivity contribution in [1.29, 1.82) is 5.41 Å². The molecule has 1 unspecified atom stereocenters. The van der Waals surface area contributed by atoms with Gasteiger partial charge in [-0.3, -0.25) is 14.8 Å². The Morgan fingerprint density at radius 1 is 0.967 bits per heavy atom. The van der Waals surface area contributed by atoms with Crippen molar-refractivity contribution in [3.8, 4) is 11.5 Å². The van der Waals surface area contributed by atoms with Gasteiger partial charge in [0, 0.05) is 5.56 Å². The van der Waals surface area contributed by atoms with Crippen molar-refractivity contribution < 1.29 is 23.9 Å². The van der Waals surface area contributed by atoms with Crippen molar-refractivity contribution in [2.75, 3.05) is 0 Å². The number of hydrogen-bond donors (Lipinski definition) is 5. The Kier molecular flexibility index (Phi) is 6.32. The average Bonchev–Trinajstić information content (AvgIpc) is 2.72. The Hall–Kier alpha value is -3.45. The lowest BCUT2D eigenvalue weighted by Gasteiger charge is -2.21. The van der Waals surface area contributed by atoms with Crippen molar-refractivity contribution in [2.24, 2.45) is 5.73 Å². The van der Waals surface area contributed by atoms with Crippen molar-refractivity contribution in [1.82, 2.24) is 5.32 Å². The third-order valence-corrected chi connectivity index (χ3v) is 5.34. The number of carbonyl (C=O) groups is 1. The van der Waals surface area contributed by atoms with E-state index >= 15 is 0 Å². The molecule has 0 fully saturated rings. The van der Waals surface area contributed by atoms with Gasteiger partial charge < -0.3 is 25.6 Å². The van der Waals surface area contributed by atoms with E-state index < -0.39 is 19.3 Å². The van der Waals surface area contributed by atoms with Gasteiger partial charge in [-0.05, 0) is 29.8 Å². The van der Waals surface area contributed by atoms with Gasteiger partial charge in [-0.25, -0.2) is 0 Å². The lowest BCUT2D eigenvalue weighted by Crippen LogP contribution is -2.29. The minimum absolute atomic E-state index is 0.125. The van der Waals surface area contributed by atoms with Crippen LogP contribution in [0.3, 0.4) is 0 Å². The molecule has 3 aromatic rings. The standard InChI is InChI=1S/C21H20N3O5P/c22-19(23)14-10-12-15(13-11-14)21(30(26,27)28)24-20(25)17-8-4-5-9-18(17)29-16-6-2-1-3-7-16/h1-13,21H,(H3,22,23)(H,24,25)(H2,26,27,28). The Bertz CT molecular complexity index is 1100. The number of benzene rings is 3. The zero-order valence-electron chi connectivity index (χ0n) is 15.7. The van der Waals surface area contributed by atoms with Gasteiger partial charge in [-0.1, -0.05) is 54.6 Å². The number of para-hydroxylation sites is 2. The zero-order valence-corrected chi connectivity index (χ0v) is 16.6. The molecule has 0 spiro atoms. The van der Waals surface area contributed by atoms with E-state index in [2.05, 4.69) is 5.32 Å². The summed E-state index contributed by atoms with van der Waals surface area (Å²) in [4.78, 5) is 32.5. The molecule has 0 radical (unpaired) electrons. The molecule has 0 aliphatic carbocycles. The van der Waals surface area contributed by atoms with Gasteiger partial charge in [0.2, 0.25) is 0 Å². The maximum atomic E-state index is 12.9. The van der Waals surface area contributed by atoms with Crippen LogP contribution >= 0.6 is 7.60 Å². The molecular formula is C21H20N3O5P. The van der Waals surface area contributed by atoms with E-state index in [1.54, 1.807) is 42.5 Å². The normalized spacial score (nSPS) is 12.1. The number of amides is 1. The number of nitrogens with two attached hydrogens (primary N) is 1. The monoisotopic (exact) mass is 425 g/mol. The first-order valence-corrected chi connectivity index (χ1v) is 10.6. The van der Waals surface area contributed by atoms with Crippen LogP contribution in [-0.2, 0) is 4.57 Å². The van der Waals surface area contributed by atoms with E-state index in [4.69, 9.17) is 15.9 Å². The van der Waals surface area contributed by atoms with Crippen molar-refractivity contribution in [3.05, 3.63) is 95.6 Å². The number of hydrogen-bond acceptors (Lipinski definition) is 4. The molecule has 0 aliphatic heterocycles. The maximum absolute atomic E-state index is 12.9. The van der Waals surface area contributed by atoms with Gasteiger partial charge in [-0.2, -0.15) is 0 Å². The van der Waals surface area contributed by atoms with Crippen LogP contribution in [0.2, 0.25) is 0 Å². The smallest absolute Gasteiger partial charge is 0.352 e. The number of nitrogens with one attached hydrogen (secondary N) is 2. The van der Waals surface area contributed by atoms with Gasteiger partial charge in [0.05, 0.1) is 5.56 Å². The highest BCUT2D eigenvalue weighted by molar-refractivity contribution is 7.52. The molecule has 0 heterocycles. The predicted molar refractivity (Wildman–Crippen MR) is 113 cm³/mol. The van der Waals surface area contributed by atoms with E-state index in [1.165, 1.54) is 30.3 Å². The third-order valence-electron chi connectivity index (χ3n) is 4.24. The summed E-state index contributed by atoms with van der Waals surface area (Å²) in [7, 11) is -4.75. The summed E-state index contributed by atoms with van der Waals surface area (Å²) < 4.78 is 17.8. The third kappa shape index (κ3) is 5.12. The molecule has 154 valence electrons. The fourth-order valence-corrected chi connectivity index (χ4v) is 3.61. The Morgan fingerprint density at radius 2 is 1.57 bits per heavy atom. The minimum Gasteiger partial charge on any atom is -0.457 e. The summed E-state index contributed by atoms with van der Waals surface area (Å²) in [5.41, 5.74) is 6.12. The van der Waals surface area contributed by atoms with Crippen LogP contribution in [0.1, 0.15) is 27.3 Å². The fraction of sp³-hybridized carbons (Fsp3) is 0.0476. The molecule has 0 saturated carbocycles. The lowest BCUT2D eigenvalue weighted by atomic mass is 10.1. The van der Waals surface area contributed by atoms with Crippen LogP contribution in [0.15, 0.2) is 78.9 Å². The molecule has 0 saturated heterocycles. The summed E-state index contributed by atoms with van der Waals surface area (Å²) in [6.07, 6.45) is 0. The first-order chi connectivity index (χ1) is 14.3. The Balaban J connectivity index is 1.88. The fourth-order valence-electron chi connectivity index (χ4n) is 2.77. The molecule has 0 bridgehead atoms. The lowest BCUT2D eigenvalue weighted by molar-refractivity contribution is 0.0940. The van der Waals surface area contributed by atoms with Crippen LogP contribution in [0.25, 0.3) is 0 Å². The predicted octanol–water partition coefficient (Wildman–Crippen LogP) is 3.37. The van der Waals surface area contributed by atoms with Crippen molar-refractivity contribution in [3.63, 3.8) is 0 Å². The van der Waals surface area contributed by atoms with Gasteiger partial charge in [0.15, 0.2) is 5.78 Å². The number of nitrogen functional groups attached to an aromatic ring is 1. The van der Waals surface area contributed by atoms with E-state index in [-0.39, 0.29) is 22.7 Å². The molecule has 9 heteroatoms. The zero-order chi connectivity index (χ0) is 21.7. The van der Waals surface area contributed by atoms with E-state index in [0.717, 1.165) is 0 Å². The summed E-state index contributed by atoms with van der Waals surface area (Å²) in [6.45, 7) is 0. The highest BCUT2D eigenvalue weighted by Crippen LogP contribution is 2.50. The molecular weight excluding hydrogens is 405 g/mol. The van der Waals surface area contributed by atoms with Crippen LogP contribution in [0.4, 0.5) is 0 Å². The summed E-state index contributed by atoms with van der Waals surface area (Å²) in [5, 5.41) is 9.82. The van der Waals surface area contributed by atoms with Gasteiger partial charge in [0.25, 0.3) is 5.91 Å². The molecule has 0 aliphatic rings.